The first-order valence-electron chi connectivity index (χ1n) is 7.82. The van der Waals surface area contributed by atoms with Crippen LogP contribution < -0.4 is 20.3 Å². The molecule has 3 aromatic rings. The fraction of sp³-hybridized carbons (Fsp3) is 0.222. The minimum Gasteiger partial charge on any atom is -0.493 e. The van der Waals surface area contributed by atoms with E-state index in [-0.39, 0.29) is 23.6 Å². The van der Waals surface area contributed by atoms with Crippen molar-refractivity contribution in [2.45, 2.75) is 20.1 Å². The van der Waals surface area contributed by atoms with Crippen molar-refractivity contribution >= 4 is 11.3 Å². The highest BCUT2D eigenvalue weighted by Gasteiger charge is 2.11. The minimum atomic E-state index is -2.95. The molecule has 0 amide bonds. The Morgan fingerprint density at radius 3 is 2.73 bits per heavy atom. The van der Waals surface area contributed by atoms with E-state index in [2.05, 4.69) is 15.0 Å². The number of ether oxygens (including phenoxy) is 2. The van der Waals surface area contributed by atoms with E-state index >= 15 is 0 Å². The highest BCUT2D eigenvalue weighted by Crippen LogP contribution is 2.31. The molecule has 0 radical (unpaired) electrons. The summed E-state index contributed by atoms with van der Waals surface area (Å²) in [6.07, 6.45) is 1.72. The molecule has 0 atom stereocenters. The second kappa shape index (κ2) is 7.38. The third-order valence-corrected chi connectivity index (χ3v) is 3.71. The van der Waals surface area contributed by atoms with Gasteiger partial charge in [-0.3, -0.25) is 9.20 Å². The number of halogens is 2. The summed E-state index contributed by atoms with van der Waals surface area (Å²) in [6.45, 7) is -0.811. The maximum atomic E-state index is 12.5. The highest BCUT2D eigenvalue weighted by atomic mass is 19.3. The van der Waals surface area contributed by atoms with Crippen molar-refractivity contribution in [3.05, 3.63) is 64.2 Å². The normalized spacial score (nSPS) is 11.0. The summed E-state index contributed by atoms with van der Waals surface area (Å²) in [4.78, 5) is 16.6. The van der Waals surface area contributed by atoms with Crippen LogP contribution in [0.1, 0.15) is 11.3 Å². The zero-order valence-corrected chi connectivity index (χ0v) is 14.2. The fourth-order valence-corrected chi connectivity index (χ4v) is 2.52. The third kappa shape index (κ3) is 3.90. The average Bonchev–Trinajstić information content (AvgIpc) is 2.60. The molecule has 136 valence electrons. The number of aryl methyl sites for hydroxylation is 1. The van der Waals surface area contributed by atoms with E-state index < -0.39 is 6.61 Å². The number of rotatable bonds is 6. The Labute approximate surface area is 148 Å². The molecule has 0 aliphatic carbocycles. The van der Waals surface area contributed by atoms with E-state index in [0.717, 1.165) is 5.56 Å². The summed E-state index contributed by atoms with van der Waals surface area (Å²) in [5.74, 6) is 0.128. The van der Waals surface area contributed by atoms with Crippen molar-refractivity contribution in [2.24, 2.45) is 0 Å². The summed E-state index contributed by atoms with van der Waals surface area (Å²) < 4.78 is 35.9. The number of nitrogens with one attached hydrogen (secondary N) is 1. The summed E-state index contributed by atoms with van der Waals surface area (Å²) in [7, 11) is 1.37. The number of aromatic nitrogens is 2. The molecular weight excluding hydrogens is 344 g/mol. The number of hydrogen-bond donors (Lipinski definition) is 1. The number of methoxy groups -OCH3 is 1. The van der Waals surface area contributed by atoms with Gasteiger partial charge in [0.05, 0.1) is 19.3 Å². The van der Waals surface area contributed by atoms with Gasteiger partial charge in [0.25, 0.3) is 5.56 Å². The molecule has 8 heteroatoms. The quantitative estimate of drug-likeness (QED) is 0.730. The van der Waals surface area contributed by atoms with Crippen LogP contribution in [0.4, 0.5) is 14.5 Å². The molecule has 6 nitrogen and oxygen atoms in total. The average molecular weight is 361 g/mol. The van der Waals surface area contributed by atoms with Crippen LogP contribution in [0.15, 0.2) is 47.4 Å². The molecule has 2 aromatic heterocycles. The Morgan fingerprint density at radius 2 is 2.00 bits per heavy atom. The molecular formula is C18H17F2N3O3. The summed E-state index contributed by atoms with van der Waals surface area (Å²) in [5, 5.41) is 3.04. The molecule has 0 fully saturated rings. The lowest BCUT2D eigenvalue weighted by molar-refractivity contribution is -0.0511. The SMILES string of the molecule is COc1ccc(NCc2cc(=O)n3cc(C)ccc3n2)cc1OC(F)F. The Hall–Kier alpha value is -3.16. The maximum Gasteiger partial charge on any atom is 0.387 e. The highest BCUT2D eigenvalue weighted by molar-refractivity contribution is 5.55. The van der Waals surface area contributed by atoms with Gasteiger partial charge in [-0.15, -0.1) is 0 Å². The number of hydrogen-bond acceptors (Lipinski definition) is 5. The lowest BCUT2D eigenvalue weighted by atomic mass is 10.2. The van der Waals surface area contributed by atoms with Gasteiger partial charge in [0, 0.05) is 24.0 Å². The standard InChI is InChI=1S/C18H17F2N3O3/c1-11-3-6-16-22-13(8-17(24)23(16)10-11)9-21-12-4-5-14(25-2)15(7-12)26-18(19)20/h3-8,10,18,21H,9H2,1-2H3. The number of alkyl halides is 2. The van der Waals surface area contributed by atoms with Gasteiger partial charge < -0.3 is 14.8 Å². The van der Waals surface area contributed by atoms with Crippen molar-refractivity contribution in [1.82, 2.24) is 9.38 Å². The predicted octanol–water partition coefficient (Wildman–Crippen LogP) is 3.23. The van der Waals surface area contributed by atoms with E-state index in [1.807, 2.05) is 13.0 Å². The van der Waals surface area contributed by atoms with Crippen molar-refractivity contribution in [3.63, 3.8) is 0 Å². The van der Waals surface area contributed by atoms with Gasteiger partial charge >= 0.3 is 6.61 Å². The molecule has 1 N–H and O–H groups in total. The molecule has 2 heterocycles. The smallest absolute Gasteiger partial charge is 0.387 e. The monoisotopic (exact) mass is 361 g/mol. The molecule has 26 heavy (non-hydrogen) atoms. The van der Waals surface area contributed by atoms with Crippen LogP contribution >= 0.6 is 0 Å². The van der Waals surface area contributed by atoms with Crippen LogP contribution in [0.3, 0.4) is 0 Å². The Kier molecular flexibility index (Phi) is 5.01. The van der Waals surface area contributed by atoms with Crippen molar-refractivity contribution in [2.75, 3.05) is 12.4 Å². The zero-order valence-electron chi connectivity index (χ0n) is 14.2. The largest absolute Gasteiger partial charge is 0.493 e. The van der Waals surface area contributed by atoms with Crippen LogP contribution in [-0.2, 0) is 6.54 Å². The minimum absolute atomic E-state index is 0.0745. The second-order valence-corrected chi connectivity index (χ2v) is 5.62. The number of nitrogens with zero attached hydrogens (tertiary/aromatic N) is 2. The van der Waals surface area contributed by atoms with Crippen LogP contribution in [0.2, 0.25) is 0 Å². The molecule has 0 bridgehead atoms. The van der Waals surface area contributed by atoms with Crippen molar-refractivity contribution in [1.29, 1.82) is 0 Å². The molecule has 0 unspecified atom stereocenters. The Balaban J connectivity index is 1.81. The van der Waals surface area contributed by atoms with E-state index in [1.165, 1.54) is 29.7 Å². The van der Waals surface area contributed by atoms with Gasteiger partial charge in [0.1, 0.15) is 5.65 Å². The lowest BCUT2D eigenvalue weighted by Gasteiger charge is -2.13. The van der Waals surface area contributed by atoms with Crippen LogP contribution in [-0.4, -0.2) is 23.1 Å². The van der Waals surface area contributed by atoms with E-state index in [1.54, 1.807) is 18.3 Å². The van der Waals surface area contributed by atoms with E-state index in [0.29, 0.717) is 17.0 Å². The number of pyridine rings is 1. The van der Waals surface area contributed by atoms with Gasteiger partial charge in [-0.1, -0.05) is 6.07 Å². The van der Waals surface area contributed by atoms with E-state index in [9.17, 15) is 13.6 Å². The van der Waals surface area contributed by atoms with Gasteiger partial charge in [0.15, 0.2) is 11.5 Å². The first-order valence-corrected chi connectivity index (χ1v) is 7.82. The maximum absolute atomic E-state index is 12.5. The molecule has 0 saturated carbocycles. The Bertz CT molecular complexity index is 989. The van der Waals surface area contributed by atoms with Crippen molar-refractivity contribution in [3.8, 4) is 11.5 Å². The molecule has 0 aliphatic rings. The topological polar surface area (TPSA) is 64.9 Å². The molecule has 0 saturated heterocycles. The Morgan fingerprint density at radius 1 is 1.19 bits per heavy atom. The second-order valence-electron chi connectivity index (χ2n) is 5.62. The van der Waals surface area contributed by atoms with Crippen LogP contribution in [0.25, 0.3) is 5.65 Å². The van der Waals surface area contributed by atoms with Gasteiger partial charge in [-0.05, 0) is 30.7 Å². The van der Waals surface area contributed by atoms with Crippen molar-refractivity contribution < 1.29 is 18.3 Å². The first kappa shape index (κ1) is 17.7. The zero-order chi connectivity index (χ0) is 18.7. The summed E-state index contributed by atoms with van der Waals surface area (Å²) in [6, 6.07) is 9.65. The first-order chi connectivity index (χ1) is 12.5. The summed E-state index contributed by atoms with van der Waals surface area (Å²) in [5.41, 5.74) is 2.37. The molecule has 1 aromatic carbocycles. The van der Waals surface area contributed by atoms with Gasteiger partial charge in [-0.25, -0.2) is 4.98 Å². The summed E-state index contributed by atoms with van der Waals surface area (Å²) >= 11 is 0. The molecule has 0 spiro atoms. The van der Waals surface area contributed by atoms with E-state index in [4.69, 9.17) is 4.74 Å². The third-order valence-electron chi connectivity index (χ3n) is 3.71. The fourth-order valence-electron chi connectivity index (χ4n) is 2.52. The van der Waals surface area contributed by atoms with Crippen LogP contribution in [0, 0.1) is 6.92 Å². The molecule has 0 aliphatic heterocycles. The number of anilines is 1. The number of benzene rings is 1. The lowest BCUT2D eigenvalue weighted by Crippen LogP contribution is -2.17. The molecule has 3 rings (SSSR count). The predicted molar refractivity (Wildman–Crippen MR) is 93.2 cm³/mol. The van der Waals surface area contributed by atoms with Gasteiger partial charge in [-0.2, -0.15) is 8.78 Å². The van der Waals surface area contributed by atoms with Crippen LogP contribution in [0.5, 0.6) is 11.5 Å². The number of fused-ring (bicyclic) bond motifs is 1. The van der Waals surface area contributed by atoms with Gasteiger partial charge in [0.2, 0.25) is 0 Å².